The molecule has 1 amide bonds. The highest BCUT2D eigenvalue weighted by Crippen LogP contribution is 2.41. The minimum absolute atomic E-state index is 0.0584. The van der Waals surface area contributed by atoms with Crippen molar-refractivity contribution in [2.75, 3.05) is 11.9 Å². The molecule has 0 unspecified atom stereocenters. The molecule has 0 saturated heterocycles. The highest BCUT2D eigenvalue weighted by Gasteiger charge is 2.22. The van der Waals surface area contributed by atoms with E-state index in [-0.39, 0.29) is 22.0 Å². The molecule has 0 aliphatic carbocycles. The second kappa shape index (κ2) is 10.6. The quantitative estimate of drug-likeness (QED) is 0.174. The number of amides is 1. The summed E-state index contributed by atoms with van der Waals surface area (Å²) in [6.45, 7) is 3.77. The van der Waals surface area contributed by atoms with Gasteiger partial charge in [0.05, 0.1) is 17.9 Å². The number of para-hydroxylation sites is 2. The van der Waals surface area contributed by atoms with Crippen LogP contribution >= 0.6 is 11.6 Å². The molecule has 0 heterocycles. The number of ether oxygens (including phenoxy) is 1. The van der Waals surface area contributed by atoms with Crippen LogP contribution in [0.15, 0.2) is 81.9 Å². The zero-order valence-electron chi connectivity index (χ0n) is 19.8. The van der Waals surface area contributed by atoms with Crippen molar-refractivity contribution < 1.29 is 27.6 Å². The highest BCUT2D eigenvalue weighted by atomic mass is 35.5. The number of benzene rings is 4. The lowest BCUT2D eigenvalue weighted by atomic mass is 10.0. The molecular weight excluding hydrogens is 518 g/mol. The van der Waals surface area contributed by atoms with Gasteiger partial charge < -0.3 is 15.2 Å². The van der Waals surface area contributed by atoms with Gasteiger partial charge in [0.2, 0.25) is 0 Å². The van der Waals surface area contributed by atoms with Crippen molar-refractivity contribution in [1.29, 1.82) is 0 Å². The van der Waals surface area contributed by atoms with Gasteiger partial charge in [0.25, 0.3) is 16.0 Å². The number of hydrogen-bond acceptors (Lipinski definition) is 7. The summed E-state index contributed by atoms with van der Waals surface area (Å²) in [4.78, 5) is 12.7. The fraction of sp³-hybridized carbons (Fsp3) is 0.115. The molecule has 0 aromatic heterocycles. The summed E-state index contributed by atoms with van der Waals surface area (Å²) in [6, 6.07) is 17.8. The van der Waals surface area contributed by atoms with E-state index in [0.29, 0.717) is 34.4 Å². The number of hydrogen-bond donors (Lipinski definition) is 3. The van der Waals surface area contributed by atoms with Crippen LogP contribution in [0.25, 0.3) is 10.8 Å². The second-order valence-corrected chi connectivity index (χ2v) is 9.80. The van der Waals surface area contributed by atoms with Crippen molar-refractivity contribution >= 4 is 55.5 Å². The van der Waals surface area contributed by atoms with Crippen LogP contribution in [0.2, 0.25) is 5.02 Å². The lowest BCUT2D eigenvalue weighted by molar-refractivity contribution is 0.102. The normalized spacial score (nSPS) is 11.7. The third kappa shape index (κ3) is 5.56. The van der Waals surface area contributed by atoms with Gasteiger partial charge in [-0.1, -0.05) is 48.0 Å². The first-order chi connectivity index (χ1) is 17.6. The molecule has 0 aliphatic rings. The van der Waals surface area contributed by atoms with Crippen LogP contribution in [-0.4, -0.2) is 30.6 Å². The van der Waals surface area contributed by atoms with Crippen LogP contribution in [0.3, 0.4) is 0 Å². The molecule has 3 N–H and O–H groups in total. The number of nitrogens with zero attached hydrogens (tertiary/aromatic N) is 2. The van der Waals surface area contributed by atoms with Gasteiger partial charge in [-0.05, 0) is 55.1 Å². The Hall–Kier alpha value is -3.99. The predicted octanol–water partition coefficient (Wildman–Crippen LogP) is 6.82. The van der Waals surface area contributed by atoms with E-state index in [1.807, 2.05) is 6.92 Å². The topological polar surface area (TPSA) is 138 Å². The molecule has 4 aromatic carbocycles. The number of aryl methyl sites for hydroxylation is 1. The van der Waals surface area contributed by atoms with E-state index < -0.39 is 26.7 Å². The molecule has 0 fully saturated rings. The van der Waals surface area contributed by atoms with Crippen molar-refractivity contribution in [3.63, 3.8) is 0 Å². The summed E-state index contributed by atoms with van der Waals surface area (Å²) in [5, 5.41) is 23.1. The summed E-state index contributed by atoms with van der Waals surface area (Å²) in [6.07, 6.45) is 0. The van der Waals surface area contributed by atoms with Crippen LogP contribution in [0.5, 0.6) is 11.5 Å². The first-order valence-corrected chi connectivity index (χ1v) is 12.9. The number of carbonyl (C=O) groups is 1. The van der Waals surface area contributed by atoms with E-state index in [4.69, 9.17) is 16.3 Å². The maximum absolute atomic E-state index is 13.2. The highest BCUT2D eigenvalue weighted by molar-refractivity contribution is 7.86. The van der Waals surface area contributed by atoms with E-state index in [0.717, 1.165) is 6.07 Å². The number of fused-ring (bicyclic) bond motifs is 1. The molecule has 0 radical (unpaired) electrons. The molecule has 9 nitrogen and oxygen atoms in total. The van der Waals surface area contributed by atoms with Crippen molar-refractivity contribution in [2.24, 2.45) is 10.2 Å². The minimum Gasteiger partial charge on any atom is -0.505 e. The fourth-order valence-electron chi connectivity index (χ4n) is 3.76. The predicted molar refractivity (Wildman–Crippen MR) is 141 cm³/mol. The number of halogens is 1. The van der Waals surface area contributed by atoms with Crippen LogP contribution in [-0.2, 0) is 10.1 Å². The molecule has 37 heavy (non-hydrogen) atoms. The van der Waals surface area contributed by atoms with Gasteiger partial charge >= 0.3 is 0 Å². The zero-order chi connectivity index (χ0) is 26.7. The SMILES string of the molecule is CCOc1ccccc1NC(=O)c1cc2ccccc2c(N=Nc2c(C)cc(Cl)cc2S(=O)(=O)O)c1O. The van der Waals surface area contributed by atoms with E-state index >= 15 is 0 Å². The van der Waals surface area contributed by atoms with E-state index in [1.54, 1.807) is 55.5 Å². The number of carbonyl (C=O) groups excluding carboxylic acids is 1. The summed E-state index contributed by atoms with van der Waals surface area (Å²) < 4.78 is 39.1. The van der Waals surface area contributed by atoms with E-state index in [1.165, 1.54) is 12.1 Å². The average molecular weight is 540 g/mol. The molecule has 4 aromatic rings. The fourth-order valence-corrected chi connectivity index (χ4v) is 4.82. The standard InChI is InChI=1S/C26H22ClN3O6S/c1-3-36-21-11-7-6-10-20(21)28-26(32)19-13-16-8-4-5-9-18(16)24(25(19)31)30-29-23-15(2)12-17(27)14-22(23)37(33,34)35/h4-14,31H,3H2,1-2H3,(H,28,32)(H,33,34,35). The number of anilines is 1. The Bertz CT molecular complexity index is 1650. The van der Waals surface area contributed by atoms with Crippen molar-refractivity contribution in [2.45, 2.75) is 18.7 Å². The molecule has 4 rings (SSSR count). The third-order valence-corrected chi connectivity index (χ3v) is 6.52. The third-order valence-electron chi connectivity index (χ3n) is 5.43. The number of aromatic hydroxyl groups is 1. The van der Waals surface area contributed by atoms with Crippen molar-refractivity contribution in [3.8, 4) is 11.5 Å². The molecule has 0 aliphatic heterocycles. The average Bonchev–Trinajstić information content (AvgIpc) is 2.84. The van der Waals surface area contributed by atoms with Gasteiger partial charge in [0.15, 0.2) is 5.75 Å². The maximum atomic E-state index is 13.2. The number of rotatable bonds is 7. The molecule has 0 saturated carbocycles. The molecule has 0 atom stereocenters. The number of phenols is 1. The van der Waals surface area contributed by atoms with Crippen molar-refractivity contribution in [1.82, 2.24) is 0 Å². The number of nitrogens with one attached hydrogen (secondary N) is 1. The largest absolute Gasteiger partial charge is 0.505 e. The minimum atomic E-state index is -4.68. The lowest BCUT2D eigenvalue weighted by Crippen LogP contribution is -2.13. The Labute approximate surface area is 218 Å². The van der Waals surface area contributed by atoms with Gasteiger partial charge in [0.1, 0.15) is 22.0 Å². The maximum Gasteiger partial charge on any atom is 0.296 e. The zero-order valence-corrected chi connectivity index (χ0v) is 21.3. The van der Waals surface area contributed by atoms with Gasteiger partial charge in [-0.3, -0.25) is 9.35 Å². The smallest absolute Gasteiger partial charge is 0.296 e. The molecule has 0 bridgehead atoms. The summed E-state index contributed by atoms with van der Waals surface area (Å²) >= 11 is 5.96. The van der Waals surface area contributed by atoms with Crippen LogP contribution < -0.4 is 10.1 Å². The molecule has 11 heteroatoms. The molecule has 0 spiro atoms. The van der Waals surface area contributed by atoms with E-state index in [9.17, 15) is 22.9 Å². The van der Waals surface area contributed by atoms with Crippen LogP contribution in [0.1, 0.15) is 22.8 Å². The Kier molecular flexibility index (Phi) is 7.44. The van der Waals surface area contributed by atoms with Crippen LogP contribution in [0.4, 0.5) is 17.1 Å². The Morgan fingerprint density at radius 1 is 1.03 bits per heavy atom. The van der Waals surface area contributed by atoms with Gasteiger partial charge in [-0.15, -0.1) is 10.2 Å². The number of phenolic OH excluding ortho intramolecular Hbond substituents is 1. The lowest BCUT2D eigenvalue weighted by Gasteiger charge is -2.14. The summed E-state index contributed by atoms with van der Waals surface area (Å²) in [7, 11) is -4.68. The van der Waals surface area contributed by atoms with Gasteiger partial charge in [-0.25, -0.2) is 0 Å². The molecular formula is C26H22ClN3O6S. The Morgan fingerprint density at radius 2 is 1.70 bits per heavy atom. The second-order valence-electron chi connectivity index (χ2n) is 7.97. The Morgan fingerprint density at radius 3 is 2.43 bits per heavy atom. The summed E-state index contributed by atoms with van der Waals surface area (Å²) in [5.41, 5.74) is 0.448. The molecule has 190 valence electrons. The van der Waals surface area contributed by atoms with Crippen LogP contribution in [0, 0.1) is 6.92 Å². The van der Waals surface area contributed by atoms with Crippen molar-refractivity contribution in [3.05, 3.63) is 82.9 Å². The van der Waals surface area contributed by atoms with Gasteiger partial charge in [-0.2, -0.15) is 8.42 Å². The van der Waals surface area contributed by atoms with Gasteiger partial charge in [0, 0.05) is 10.4 Å². The first-order valence-electron chi connectivity index (χ1n) is 11.1. The number of azo groups is 1. The first kappa shape index (κ1) is 26.1. The van der Waals surface area contributed by atoms with E-state index in [2.05, 4.69) is 15.5 Å². The Balaban J connectivity index is 1.84. The summed E-state index contributed by atoms with van der Waals surface area (Å²) in [5.74, 6) is -0.614. The monoisotopic (exact) mass is 539 g/mol.